The number of H-pyrrole nitrogens is 1. The lowest BCUT2D eigenvalue weighted by molar-refractivity contribution is 0.263. The van der Waals surface area contributed by atoms with Crippen molar-refractivity contribution in [1.82, 2.24) is 15.1 Å². The SMILES string of the molecule is CC(c1ccc(-c2n[nH]c(=O)c3ccccc23)cc1)N1CCCC1. The molecule has 1 saturated heterocycles. The topological polar surface area (TPSA) is 49.0 Å². The molecule has 1 unspecified atom stereocenters. The Hall–Kier alpha value is -2.46. The maximum absolute atomic E-state index is 11.9. The standard InChI is InChI=1S/C20H21N3O/c1-14(23-12-4-5-13-23)15-8-10-16(11-9-15)19-17-6-2-3-7-18(17)20(24)22-21-19/h2-3,6-11,14H,4-5,12-13H2,1H3,(H,22,24). The molecule has 1 aromatic heterocycles. The van der Waals surface area contributed by atoms with Gasteiger partial charge in [0.25, 0.3) is 5.56 Å². The Morgan fingerprint density at radius 1 is 1.00 bits per heavy atom. The molecule has 4 rings (SSSR count). The van der Waals surface area contributed by atoms with Crippen molar-refractivity contribution >= 4 is 10.8 Å². The number of benzene rings is 2. The van der Waals surface area contributed by atoms with E-state index in [9.17, 15) is 4.79 Å². The fourth-order valence-electron chi connectivity index (χ4n) is 3.59. The van der Waals surface area contributed by atoms with Crippen LogP contribution in [0.1, 0.15) is 31.4 Å². The highest BCUT2D eigenvalue weighted by Gasteiger charge is 2.19. The summed E-state index contributed by atoms with van der Waals surface area (Å²) in [5.74, 6) is 0. The largest absolute Gasteiger partial charge is 0.297 e. The number of rotatable bonds is 3. The Labute approximate surface area is 141 Å². The number of nitrogens with one attached hydrogen (secondary N) is 1. The monoisotopic (exact) mass is 319 g/mol. The summed E-state index contributed by atoms with van der Waals surface area (Å²) in [4.78, 5) is 14.5. The van der Waals surface area contributed by atoms with E-state index in [1.54, 1.807) is 0 Å². The first-order valence-corrected chi connectivity index (χ1v) is 8.56. The van der Waals surface area contributed by atoms with Crippen molar-refractivity contribution in [2.24, 2.45) is 0 Å². The zero-order chi connectivity index (χ0) is 16.5. The molecule has 0 spiro atoms. The summed E-state index contributed by atoms with van der Waals surface area (Å²) in [6.45, 7) is 4.65. The van der Waals surface area contributed by atoms with Crippen LogP contribution in [0, 0.1) is 0 Å². The van der Waals surface area contributed by atoms with E-state index in [-0.39, 0.29) is 5.56 Å². The van der Waals surface area contributed by atoms with Gasteiger partial charge >= 0.3 is 0 Å². The van der Waals surface area contributed by atoms with Crippen molar-refractivity contribution < 1.29 is 0 Å². The number of hydrogen-bond donors (Lipinski definition) is 1. The van der Waals surface area contributed by atoms with Crippen LogP contribution in [0.2, 0.25) is 0 Å². The van der Waals surface area contributed by atoms with Crippen molar-refractivity contribution in [2.45, 2.75) is 25.8 Å². The lowest BCUT2D eigenvalue weighted by atomic mass is 10.0. The van der Waals surface area contributed by atoms with Crippen molar-refractivity contribution in [3.63, 3.8) is 0 Å². The number of aromatic nitrogens is 2. The van der Waals surface area contributed by atoms with E-state index in [1.807, 2.05) is 24.3 Å². The fraction of sp³-hybridized carbons (Fsp3) is 0.300. The first kappa shape index (κ1) is 15.1. The van der Waals surface area contributed by atoms with Gasteiger partial charge in [-0.3, -0.25) is 9.69 Å². The summed E-state index contributed by atoms with van der Waals surface area (Å²) in [5, 5.41) is 8.46. The maximum Gasteiger partial charge on any atom is 0.272 e. The zero-order valence-corrected chi connectivity index (χ0v) is 13.8. The first-order chi connectivity index (χ1) is 11.7. The smallest absolute Gasteiger partial charge is 0.272 e. The zero-order valence-electron chi connectivity index (χ0n) is 13.8. The molecule has 2 heterocycles. The molecule has 4 heteroatoms. The second-order valence-electron chi connectivity index (χ2n) is 6.49. The molecule has 2 aromatic carbocycles. The molecule has 0 bridgehead atoms. The van der Waals surface area contributed by atoms with Gasteiger partial charge in [-0.25, -0.2) is 5.10 Å². The van der Waals surface area contributed by atoms with Crippen molar-refractivity contribution in [3.05, 3.63) is 64.4 Å². The quantitative estimate of drug-likeness (QED) is 0.800. The molecule has 0 radical (unpaired) electrons. The van der Waals surface area contributed by atoms with Crippen LogP contribution < -0.4 is 5.56 Å². The van der Waals surface area contributed by atoms with Crippen LogP contribution in [0.25, 0.3) is 22.0 Å². The number of aromatic amines is 1. The summed E-state index contributed by atoms with van der Waals surface area (Å²) in [6, 6.07) is 16.6. The Morgan fingerprint density at radius 3 is 2.38 bits per heavy atom. The second-order valence-corrected chi connectivity index (χ2v) is 6.49. The van der Waals surface area contributed by atoms with Gasteiger partial charge in [-0.15, -0.1) is 0 Å². The number of fused-ring (bicyclic) bond motifs is 1. The Kier molecular flexibility index (Phi) is 3.90. The van der Waals surface area contributed by atoms with Gasteiger partial charge < -0.3 is 0 Å². The number of likely N-dealkylation sites (tertiary alicyclic amines) is 1. The van der Waals surface area contributed by atoms with Crippen molar-refractivity contribution in [1.29, 1.82) is 0 Å². The Morgan fingerprint density at radius 2 is 1.67 bits per heavy atom. The molecule has 1 atom stereocenters. The lowest BCUT2D eigenvalue weighted by Crippen LogP contribution is -2.23. The van der Waals surface area contributed by atoms with Crippen LogP contribution in [0.5, 0.6) is 0 Å². The minimum Gasteiger partial charge on any atom is -0.297 e. The molecular formula is C20H21N3O. The predicted molar refractivity (Wildman–Crippen MR) is 97.0 cm³/mol. The third kappa shape index (κ3) is 2.63. The highest BCUT2D eigenvalue weighted by Crippen LogP contribution is 2.28. The van der Waals surface area contributed by atoms with Gasteiger partial charge in [0.05, 0.1) is 11.1 Å². The molecule has 24 heavy (non-hydrogen) atoms. The van der Waals surface area contributed by atoms with Gasteiger partial charge in [0.15, 0.2) is 0 Å². The normalized spacial score (nSPS) is 16.5. The van der Waals surface area contributed by atoms with Crippen LogP contribution in [0.15, 0.2) is 53.3 Å². The van der Waals surface area contributed by atoms with Gasteiger partial charge in [-0.05, 0) is 44.5 Å². The minimum atomic E-state index is -0.145. The highest BCUT2D eigenvalue weighted by atomic mass is 16.1. The summed E-state index contributed by atoms with van der Waals surface area (Å²) >= 11 is 0. The molecule has 0 saturated carbocycles. The average Bonchev–Trinajstić information content (AvgIpc) is 3.17. The molecule has 3 aromatic rings. The van der Waals surface area contributed by atoms with Crippen molar-refractivity contribution in [2.75, 3.05) is 13.1 Å². The molecule has 1 aliphatic heterocycles. The van der Waals surface area contributed by atoms with E-state index in [4.69, 9.17) is 0 Å². The summed E-state index contributed by atoms with van der Waals surface area (Å²) in [5.41, 5.74) is 3.04. The third-order valence-corrected chi connectivity index (χ3v) is 5.05. The van der Waals surface area contributed by atoms with Gasteiger partial charge in [0.1, 0.15) is 0 Å². The molecule has 1 aliphatic rings. The average molecular weight is 319 g/mol. The summed E-state index contributed by atoms with van der Waals surface area (Å²) in [7, 11) is 0. The molecule has 1 N–H and O–H groups in total. The molecule has 0 amide bonds. The van der Waals surface area contributed by atoms with E-state index in [2.05, 4.69) is 46.3 Å². The van der Waals surface area contributed by atoms with E-state index in [1.165, 1.54) is 31.5 Å². The summed E-state index contributed by atoms with van der Waals surface area (Å²) in [6.07, 6.45) is 2.60. The van der Waals surface area contributed by atoms with Crippen LogP contribution in [-0.2, 0) is 0 Å². The second kappa shape index (κ2) is 6.21. The molecule has 4 nitrogen and oxygen atoms in total. The lowest BCUT2D eigenvalue weighted by Gasteiger charge is -2.24. The Balaban J connectivity index is 1.71. The molecule has 1 fully saturated rings. The van der Waals surface area contributed by atoms with Crippen LogP contribution in [-0.4, -0.2) is 28.2 Å². The van der Waals surface area contributed by atoms with E-state index < -0.39 is 0 Å². The van der Waals surface area contributed by atoms with Crippen LogP contribution in [0.3, 0.4) is 0 Å². The van der Waals surface area contributed by atoms with Gasteiger partial charge in [0, 0.05) is 17.0 Å². The molecule has 122 valence electrons. The minimum absolute atomic E-state index is 0.145. The van der Waals surface area contributed by atoms with Gasteiger partial charge in [0.2, 0.25) is 0 Å². The first-order valence-electron chi connectivity index (χ1n) is 8.56. The van der Waals surface area contributed by atoms with E-state index >= 15 is 0 Å². The van der Waals surface area contributed by atoms with E-state index in [0.717, 1.165) is 16.6 Å². The third-order valence-electron chi connectivity index (χ3n) is 5.05. The Bertz CT molecular complexity index is 908. The highest BCUT2D eigenvalue weighted by molar-refractivity contribution is 5.93. The molecule has 0 aliphatic carbocycles. The number of nitrogens with zero attached hydrogens (tertiary/aromatic N) is 2. The number of hydrogen-bond acceptors (Lipinski definition) is 3. The van der Waals surface area contributed by atoms with Gasteiger partial charge in [-0.1, -0.05) is 42.5 Å². The van der Waals surface area contributed by atoms with Crippen LogP contribution >= 0.6 is 0 Å². The predicted octanol–water partition coefficient (Wildman–Crippen LogP) is 3.75. The maximum atomic E-state index is 11.9. The van der Waals surface area contributed by atoms with Gasteiger partial charge in [-0.2, -0.15) is 5.10 Å². The van der Waals surface area contributed by atoms with E-state index in [0.29, 0.717) is 11.4 Å². The fourth-order valence-corrected chi connectivity index (χ4v) is 3.59. The van der Waals surface area contributed by atoms with Crippen LogP contribution in [0.4, 0.5) is 0 Å². The van der Waals surface area contributed by atoms with Crippen molar-refractivity contribution in [3.8, 4) is 11.3 Å². The summed E-state index contributed by atoms with van der Waals surface area (Å²) < 4.78 is 0. The molecular weight excluding hydrogens is 298 g/mol.